The molecule has 5 rings (SSSR count). The van der Waals surface area contributed by atoms with Gasteiger partial charge in [0.05, 0.1) is 27.7 Å². The minimum Gasteiger partial charge on any atom is -0.349 e. The Morgan fingerprint density at radius 2 is 1.51 bits per heavy atom. The van der Waals surface area contributed by atoms with Gasteiger partial charge < -0.3 is 5.32 Å². The highest BCUT2D eigenvalue weighted by atomic mass is 35.5. The molecule has 0 atom stereocenters. The van der Waals surface area contributed by atoms with Crippen LogP contribution in [-0.4, -0.2) is 43.1 Å². The highest BCUT2D eigenvalue weighted by Gasteiger charge is 2.37. The van der Waals surface area contributed by atoms with Crippen molar-refractivity contribution in [3.63, 3.8) is 0 Å². The fourth-order valence-electron chi connectivity index (χ4n) is 5.38. The number of sulfonamides is 1. The minimum absolute atomic E-state index is 0.0514. The quantitative estimate of drug-likeness (QED) is 0.334. The zero-order valence-corrected chi connectivity index (χ0v) is 24.5. The molecule has 1 aliphatic heterocycles. The van der Waals surface area contributed by atoms with Crippen molar-refractivity contribution >= 4 is 56.6 Å². The Balaban J connectivity index is 1.35. The molecule has 8 nitrogen and oxygen atoms in total. The summed E-state index contributed by atoms with van der Waals surface area (Å²) in [4.78, 5) is 38.8. The second-order valence-electron chi connectivity index (χ2n) is 10.3. The normalized spacial score (nSPS) is 19.3. The van der Waals surface area contributed by atoms with Crippen LogP contribution in [0.2, 0.25) is 10.0 Å². The molecule has 1 saturated carbocycles. The van der Waals surface area contributed by atoms with E-state index in [1.807, 2.05) is 30.3 Å². The van der Waals surface area contributed by atoms with E-state index in [0.717, 1.165) is 5.56 Å². The lowest BCUT2D eigenvalue weighted by molar-refractivity contribution is -0.141. The first-order valence-corrected chi connectivity index (χ1v) is 15.6. The third-order valence-electron chi connectivity index (χ3n) is 7.54. The van der Waals surface area contributed by atoms with Gasteiger partial charge in [0.2, 0.25) is 11.8 Å². The maximum atomic E-state index is 14.0. The zero-order valence-electron chi connectivity index (χ0n) is 22.1. The second kappa shape index (κ2) is 12.2. The third kappa shape index (κ3) is 6.42. The molecular formula is C30H29Cl2N3O5S. The molecular weight excluding hydrogens is 585 g/mol. The van der Waals surface area contributed by atoms with Gasteiger partial charge in [-0.3, -0.25) is 23.6 Å². The molecule has 1 N–H and O–H groups in total. The lowest BCUT2D eigenvalue weighted by Crippen LogP contribution is -2.45. The number of carbonyl (C=O) groups excluding carboxylic acids is 3. The van der Waals surface area contributed by atoms with E-state index in [1.165, 1.54) is 27.4 Å². The summed E-state index contributed by atoms with van der Waals surface area (Å²) in [6, 6.07) is 19.5. The van der Waals surface area contributed by atoms with Gasteiger partial charge in [-0.2, -0.15) is 0 Å². The lowest BCUT2D eigenvalue weighted by Gasteiger charge is -2.33. The van der Waals surface area contributed by atoms with Gasteiger partial charge in [-0.25, -0.2) is 8.42 Å². The standard InChI is InChI=1S/C30H29Cl2N3O5S/c31-21-6-10-23(11-7-21)34(19-20-4-2-1-3-5-20)41(39,40)25-14-15-27(32)26(18-25)30(38)33-22-8-12-24(13-9-22)35-28(36)16-17-29(35)37/h1-7,10-11,14-15,18,22,24H,8-9,12-13,16-17,19H2,(H,33,38). The van der Waals surface area contributed by atoms with Crippen LogP contribution in [0.3, 0.4) is 0 Å². The van der Waals surface area contributed by atoms with Gasteiger partial charge >= 0.3 is 0 Å². The topological polar surface area (TPSA) is 104 Å². The molecule has 0 radical (unpaired) electrons. The van der Waals surface area contributed by atoms with E-state index in [-0.39, 0.29) is 58.8 Å². The maximum absolute atomic E-state index is 14.0. The van der Waals surface area contributed by atoms with Crippen molar-refractivity contribution in [2.45, 2.75) is 62.0 Å². The van der Waals surface area contributed by atoms with Gasteiger partial charge in [0, 0.05) is 29.9 Å². The lowest BCUT2D eigenvalue weighted by atomic mass is 9.90. The average molecular weight is 615 g/mol. The van der Waals surface area contributed by atoms with Gasteiger partial charge in [-0.05, 0) is 73.7 Å². The first-order valence-electron chi connectivity index (χ1n) is 13.4. The summed E-state index contributed by atoms with van der Waals surface area (Å²) >= 11 is 12.4. The Morgan fingerprint density at radius 3 is 2.15 bits per heavy atom. The number of rotatable bonds is 8. The summed E-state index contributed by atoms with van der Waals surface area (Å²) in [6.07, 6.45) is 2.89. The molecule has 3 amide bonds. The van der Waals surface area contributed by atoms with Crippen LogP contribution in [0.1, 0.15) is 54.4 Å². The molecule has 2 fully saturated rings. The number of imide groups is 1. The molecule has 11 heteroatoms. The molecule has 0 aromatic heterocycles. The Kier molecular flexibility index (Phi) is 8.68. The predicted molar refractivity (Wildman–Crippen MR) is 157 cm³/mol. The number of carbonyl (C=O) groups is 3. The molecule has 2 aliphatic rings. The molecule has 3 aromatic carbocycles. The van der Waals surface area contributed by atoms with Crippen LogP contribution in [0, 0.1) is 0 Å². The number of hydrogen-bond acceptors (Lipinski definition) is 5. The van der Waals surface area contributed by atoms with Gasteiger partial charge in [0.25, 0.3) is 15.9 Å². The molecule has 1 saturated heterocycles. The SMILES string of the molecule is O=C(NC1CCC(N2C(=O)CCC2=O)CC1)c1cc(S(=O)(=O)N(Cc2ccccc2)c2ccc(Cl)cc2)ccc1Cl. The zero-order chi connectivity index (χ0) is 29.1. The molecule has 214 valence electrons. The number of amides is 3. The van der Waals surface area contributed by atoms with Crippen molar-refractivity contribution in [1.82, 2.24) is 10.2 Å². The van der Waals surface area contributed by atoms with Crippen molar-refractivity contribution in [3.05, 3.63) is 94.0 Å². The third-order valence-corrected chi connectivity index (χ3v) is 9.89. The minimum atomic E-state index is -4.12. The van der Waals surface area contributed by atoms with Crippen molar-refractivity contribution in [1.29, 1.82) is 0 Å². The van der Waals surface area contributed by atoms with Crippen molar-refractivity contribution < 1.29 is 22.8 Å². The van der Waals surface area contributed by atoms with Crippen LogP contribution in [0.4, 0.5) is 5.69 Å². The number of benzene rings is 3. The molecule has 1 heterocycles. The van der Waals surface area contributed by atoms with Crippen LogP contribution in [0.25, 0.3) is 0 Å². The summed E-state index contributed by atoms with van der Waals surface area (Å²) in [7, 11) is -4.12. The van der Waals surface area contributed by atoms with Gasteiger partial charge in [0.15, 0.2) is 0 Å². The molecule has 0 unspecified atom stereocenters. The fourth-order valence-corrected chi connectivity index (χ4v) is 7.19. The number of likely N-dealkylation sites (tertiary alicyclic amines) is 1. The summed E-state index contributed by atoms with van der Waals surface area (Å²) in [5.74, 6) is -0.746. The van der Waals surface area contributed by atoms with Crippen molar-refractivity contribution in [3.8, 4) is 0 Å². The van der Waals surface area contributed by atoms with Crippen LogP contribution in [0.15, 0.2) is 77.7 Å². The molecule has 0 spiro atoms. The first-order chi connectivity index (χ1) is 19.6. The first kappa shape index (κ1) is 29.1. The molecule has 1 aliphatic carbocycles. The van der Waals surface area contributed by atoms with Crippen LogP contribution >= 0.6 is 23.2 Å². The van der Waals surface area contributed by atoms with Gasteiger partial charge in [-0.15, -0.1) is 0 Å². The summed E-state index contributed by atoms with van der Waals surface area (Å²) < 4.78 is 29.2. The maximum Gasteiger partial charge on any atom is 0.264 e. The Hall–Kier alpha value is -3.40. The number of halogens is 2. The number of hydrogen-bond donors (Lipinski definition) is 1. The Labute approximate surface area is 249 Å². The number of nitrogens with zero attached hydrogens (tertiary/aromatic N) is 2. The van der Waals surface area contributed by atoms with E-state index in [4.69, 9.17) is 23.2 Å². The predicted octanol–water partition coefficient (Wildman–Crippen LogP) is 5.58. The Morgan fingerprint density at radius 1 is 0.878 bits per heavy atom. The van der Waals surface area contributed by atoms with E-state index in [0.29, 0.717) is 36.4 Å². The van der Waals surface area contributed by atoms with Crippen LogP contribution in [0.5, 0.6) is 0 Å². The molecule has 3 aromatic rings. The Bertz CT molecular complexity index is 1540. The van der Waals surface area contributed by atoms with E-state index < -0.39 is 15.9 Å². The van der Waals surface area contributed by atoms with Crippen molar-refractivity contribution in [2.24, 2.45) is 0 Å². The molecule has 0 bridgehead atoms. The fraction of sp³-hybridized carbons (Fsp3) is 0.300. The highest BCUT2D eigenvalue weighted by Crippen LogP contribution is 2.31. The highest BCUT2D eigenvalue weighted by molar-refractivity contribution is 7.92. The van der Waals surface area contributed by atoms with Crippen molar-refractivity contribution in [2.75, 3.05) is 4.31 Å². The van der Waals surface area contributed by atoms with Crippen LogP contribution in [-0.2, 0) is 26.2 Å². The summed E-state index contributed by atoms with van der Waals surface area (Å²) in [5.41, 5.74) is 1.26. The van der Waals surface area contributed by atoms with E-state index in [1.54, 1.807) is 24.3 Å². The number of nitrogens with one attached hydrogen (secondary N) is 1. The van der Waals surface area contributed by atoms with Gasteiger partial charge in [-0.1, -0.05) is 53.5 Å². The van der Waals surface area contributed by atoms with E-state index in [2.05, 4.69) is 5.32 Å². The van der Waals surface area contributed by atoms with Crippen LogP contribution < -0.4 is 9.62 Å². The number of anilines is 1. The van der Waals surface area contributed by atoms with E-state index in [9.17, 15) is 22.8 Å². The monoisotopic (exact) mass is 613 g/mol. The second-order valence-corrected chi connectivity index (χ2v) is 13.0. The van der Waals surface area contributed by atoms with Gasteiger partial charge in [0.1, 0.15) is 0 Å². The molecule has 41 heavy (non-hydrogen) atoms. The smallest absolute Gasteiger partial charge is 0.264 e. The average Bonchev–Trinajstić information content (AvgIpc) is 3.30. The summed E-state index contributed by atoms with van der Waals surface area (Å²) in [5, 5.41) is 3.57. The largest absolute Gasteiger partial charge is 0.349 e. The summed E-state index contributed by atoms with van der Waals surface area (Å²) in [6.45, 7) is 0.0697. The van der Waals surface area contributed by atoms with E-state index >= 15 is 0 Å².